The molecule has 7 heteroatoms. The Balaban J connectivity index is 1.78. The minimum Gasteiger partial charge on any atom is -0.332 e. The molecular weight excluding hydrogens is 478 g/mol. The molecule has 0 aliphatic carbocycles. The summed E-state index contributed by atoms with van der Waals surface area (Å²) in [6.45, 7) is 6.66. The molecular formula is C28H28ClN3O2S. The molecule has 1 aromatic heterocycles. The van der Waals surface area contributed by atoms with Crippen LogP contribution in [0.3, 0.4) is 0 Å². The Morgan fingerprint density at radius 2 is 1.63 bits per heavy atom. The summed E-state index contributed by atoms with van der Waals surface area (Å²) in [5, 5.41) is 1.11. The summed E-state index contributed by atoms with van der Waals surface area (Å²) in [6, 6.07) is 23.9. The van der Waals surface area contributed by atoms with Crippen molar-refractivity contribution in [3.05, 3.63) is 100 Å². The van der Waals surface area contributed by atoms with E-state index in [-0.39, 0.29) is 17.4 Å². The van der Waals surface area contributed by atoms with Crippen LogP contribution in [0, 0.1) is 5.92 Å². The molecule has 0 aliphatic rings. The molecule has 0 fully saturated rings. The van der Waals surface area contributed by atoms with Crippen LogP contribution in [0.1, 0.15) is 32.6 Å². The number of rotatable bonds is 8. The van der Waals surface area contributed by atoms with Gasteiger partial charge in [0.1, 0.15) is 5.82 Å². The zero-order valence-corrected chi connectivity index (χ0v) is 21.6. The van der Waals surface area contributed by atoms with Crippen molar-refractivity contribution in [2.45, 2.75) is 31.7 Å². The van der Waals surface area contributed by atoms with Gasteiger partial charge in [0.2, 0.25) is 5.91 Å². The summed E-state index contributed by atoms with van der Waals surface area (Å²) in [6.07, 6.45) is 0. The molecule has 3 aromatic carbocycles. The van der Waals surface area contributed by atoms with Gasteiger partial charge in [0.05, 0.1) is 28.4 Å². The maximum absolute atomic E-state index is 13.6. The minimum atomic E-state index is -0.422. The zero-order valence-electron chi connectivity index (χ0n) is 20.0. The molecule has 1 unspecified atom stereocenters. The molecule has 35 heavy (non-hydrogen) atoms. The van der Waals surface area contributed by atoms with Gasteiger partial charge >= 0.3 is 0 Å². The number of thioether (sulfide) groups is 1. The van der Waals surface area contributed by atoms with E-state index in [0.717, 1.165) is 4.90 Å². The smallest absolute Gasteiger partial charge is 0.266 e. The third-order valence-electron chi connectivity index (χ3n) is 5.72. The van der Waals surface area contributed by atoms with Gasteiger partial charge in [-0.15, -0.1) is 11.8 Å². The number of carbonyl (C=O) groups excluding carboxylic acids is 1. The number of benzene rings is 3. The van der Waals surface area contributed by atoms with Crippen LogP contribution in [0.15, 0.2) is 88.6 Å². The summed E-state index contributed by atoms with van der Waals surface area (Å²) >= 11 is 7.62. The van der Waals surface area contributed by atoms with Crippen molar-refractivity contribution >= 4 is 40.2 Å². The zero-order chi connectivity index (χ0) is 24.9. The third kappa shape index (κ3) is 5.77. The highest BCUT2D eigenvalue weighted by Gasteiger charge is 2.27. The molecule has 4 aromatic rings. The normalized spacial score (nSPS) is 12.1. The van der Waals surface area contributed by atoms with Crippen LogP contribution in [-0.4, -0.2) is 32.7 Å². The quantitative estimate of drug-likeness (QED) is 0.261. The van der Waals surface area contributed by atoms with Crippen LogP contribution in [-0.2, 0) is 4.79 Å². The fourth-order valence-corrected chi connectivity index (χ4v) is 4.95. The lowest BCUT2D eigenvalue weighted by Gasteiger charge is -2.32. The van der Waals surface area contributed by atoms with Gasteiger partial charge < -0.3 is 4.90 Å². The topological polar surface area (TPSA) is 55.2 Å². The first-order valence-electron chi connectivity index (χ1n) is 11.6. The van der Waals surface area contributed by atoms with E-state index in [0.29, 0.717) is 39.7 Å². The summed E-state index contributed by atoms with van der Waals surface area (Å²) in [5.41, 5.74) is 1.10. The van der Waals surface area contributed by atoms with E-state index >= 15 is 0 Å². The maximum Gasteiger partial charge on any atom is 0.266 e. The second-order valence-electron chi connectivity index (χ2n) is 8.82. The predicted octanol–water partition coefficient (Wildman–Crippen LogP) is 6.38. The lowest BCUT2D eigenvalue weighted by molar-refractivity contribution is -0.131. The van der Waals surface area contributed by atoms with E-state index in [2.05, 4.69) is 13.8 Å². The molecule has 0 spiro atoms. The summed E-state index contributed by atoms with van der Waals surface area (Å²) in [7, 11) is 0. The summed E-state index contributed by atoms with van der Waals surface area (Å²) in [4.78, 5) is 34.9. The molecule has 5 nitrogen and oxygen atoms in total. The average molecular weight is 506 g/mol. The van der Waals surface area contributed by atoms with E-state index in [1.54, 1.807) is 34.9 Å². The standard InChI is InChI=1S/C28H28ClN3O2S/c1-19(2)17-31(26(33)18-35-23-9-5-4-6-10-23)20(3)27-30-25-12-8-7-11-24(25)28(34)32(27)22-15-13-21(29)14-16-22/h4-16,19-20H,17-18H2,1-3H3. The Morgan fingerprint density at radius 3 is 2.31 bits per heavy atom. The van der Waals surface area contributed by atoms with Gasteiger partial charge in [-0.2, -0.15) is 0 Å². The molecule has 1 atom stereocenters. The summed E-state index contributed by atoms with van der Waals surface area (Å²) in [5.74, 6) is 1.08. The molecule has 1 heterocycles. The number of carbonyl (C=O) groups is 1. The van der Waals surface area contributed by atoms with Crippen molar-refractivity contribution < 1.29 is 4.79 Å². The SMILES string of the molecule is CC(C)CN(C(=O)CSc1ccccc1)C(C)c1nc2ccccc2c(=O)n1-c1ccc(Cl)cc1. The van der Waals surface area contributed by atoms with Gasteiger partial charge in [-0.25, -0.2) is 4.98 Å². The van der Waals surface area contributed by atoms with Gasteiger partial charge in [0, 0.05) is 16.5 Å². The first-order chi connectivity index (χ1) is 16.8. The van der Waals surface area contributed by atoms with Crippen LogP contribution in [0.5, 0.6) is 0 Å². The molecule has 0 aliphatic heterocycles. The van der Waals surface area contributed by atoms with Crippen molar-refractivity contribution in [2.24, 2.45) is 5.92 Å². The fourth-order valence-electron chi connectivity index (χ4n) is 4.02. The van der Waals surface area contributed by atoms with E-state index in [1.807, 2.05) is 60.4 Å². The molecule has 0 bridgehead atoms. The van der Waals surface area contributed by atoms with Crippen LogP contribution >= 0.6 is 23.4 Å². The Hall–Kier alpha value is -3.09. The summed E-state index contributed by atoms with van der Waals surface area (Å²) < 4.78 is 1.61. The second kappa shape index (κ2) is 11.1. The molecule has 0 radical (unpaired) electrons. The minimum absolute atomic E-state index is 0.00474. The highest BCUT2D eigenvalue weighted by Crippen LogP contribution is 2.26. The number of amides is 1. The van der Waals surface area contributed by atoms with Crippen molar-refractivity contribution in [3.63, 3.8) is 0 Å². The first kappa shape index (κ1) is 25.0. The monoisotopic (exact) mass is 505 g/mol. The third-order valence-corrected chi connectivity index (χ3v) is 6.96. The van der Waals surface area contributed by atoms with E-state index in [1.165, 1.54) is 11.8 Å². The van der Waals surface area contributed by atoms with Crippen LogP contribution in [0.2, 0.25) is 5.02 Å². The first-order valence-corrected chi connectivity index (χ1v) is 13.0. The van der Waals surface area contributed by atoms with Crippen LogP contribution in [0.4, 0.5) is 0 Å². The molecule has 1 amide bonds. The number of hydrogen-bond acceptors (Lipinski definition) is 4. The number of hydrogen-bond donors (Lipinski definition) is 0. The Morgan fingerprint density at radius 1 is 0.971 bits per heavy atom. The van der Waals surface area contributed by atoms with Gasteiger partial charge in [0.25, 0.3) is 5.56 Å². The highest BCUT2D eigenvalue weighted by molar-refractivity contribution is 8.00. The van der Waals surface area contributed by atoms with Gasteiger partial charge in [-0.05, 0) is 61.4 Å². The Labute approximate surface area is 214 Å². The molecule has 0 saturated heterocycles. The largest absolute Gasteiger partial charge is 0.332 e. The number of halogens is 1. The lowest BCUT2D eigenvalue weighted by Crippen LogP contribution is -2.40. The number of aromatic nitrogens is 2. The highest BCUT2D eigenvalue weighted by atomic mass is 35.5. The second-order valence-corrected chi connectivity index (χ2v) is 10.3. The Bertz CT molecular complexity index is 1370. The van der Waals surface area contributed by atoms with E-state index in [9.17, 15) is 9.59 Å². The van der Waals surface area contributed by atoms with Crippen molar-refractivity contribution in [1.29, 1.82) is 0 Å². The van der Waals surface area contributed by atoms with Crippen molar-refractivity contribution in [1.82, 2.24) is 14.5 Å². The van der Waals surface area contributed by atoms with E-state index < -0.39 is 6.04 Å². The molecule has 180 valence electrons. The van der Waals surface area contributed by atoms with Crippen molar-refractivity contribution in [2.75, 3.05) is 12.3 Å². The molecule has 0 N–H and O–H groups in total. The van der Waals surface area contributed by atoms with Crippen LogP contribution < -0.4 is 5.56 Å². The number of para-hydroxylation sites is 1. The predicted molar refractivity (Wildman–Crippen MR) is 144 cm³/mol. The molecule has 0 saturated carbocycles. The van der Waals surface area contributed by atoms with E-state index in [4.69, 9.17) is 16.6 Å². The van der Waals surface area contributed by atoms with Gasteiger partial charge in [-0.1, -0.05) is 55.8 Å². The van der Waals surface area contributed by atoms with Crippen LogP contribution in [0.25, 0.3) is 16.6 Å². The average Bonchev–Trinajstić information content (AvgIpc) is 2.86. The number of fused-ring (bicyclic) bond motifs is 1. The fraction of sp³-hybridized carbons (Fsp3) is 0.250. The number of nitrogens with zero attached hydrogens (tertiary/aromatic N) is 3. The van der Waals surface area contributed by atoms with Gasteiger partial charge in [-0.3, -0.25) is 14.2 Å². The maximum atomic E-state index is 13.6. The van der Waals surface area contributed by atoms with Crippen molar-refractivity contribution in [3.8, 4) is 5.69 Å². The lowest BCUT2D eigenvalue weighted by atomic mass is 10.1. The Kier molecular flexibility index (Phi) is 7.93. The molecule has 4 rings (SSSR count). The van der Waals surface area contributed by atoms with Gasteiger partial charge in [0.15, 0.2) is 0 Å².